The van der Waals surface area contributed by atoms with Crippen LogP contribution in [0.25, 0.3) is 0 Å². The SMILES string of the molecule is COc1ccc(Br)cc1NC1CCCCCC1. The molecular weight excluding hydrogens is 278 g/mol. The number of halogens is 1. The van der Waals surface area contributed by atoms with E-state index in [0.717, 1.165) is 15.9 Å². The molecule has 2 nitrogen and oxygen atoms in total. The highest BCUT2D eigenvalue weighted by atomic mass is 79.9. The zero-order valence-corrected chi connectivity index (χ0v) is 11.9. The summed E-state index contributed by atoms with van der Waals surface area (Å²) in [5.41, 5.74) is 1.11. The first-order chi connectivity index (χ1) is 8.29. The van der Waals surface area contributed by atoms with Gasteiger partial charge in [-0.3, -0.25) is 0 Å². The molecule has 0 heterocycles. The monoisotopic (exact) mass is 297 g/mol. The predicted octanol–water partition coefficient (Wildman–Crippen LogP) is 4.59. The van der Waals surface area contributed by atoms with Crippen LogP contribution in [-0.4, -0.2) is 13.2 Å². The van der Waals surface area contributed by atoms with Crippen LogP contribution in [0.4, 0.5) is 5.69 Å². The van der Waals surface area contributed by atoms with Crippen LogP contribution in [0.3, 0.4) is 0 Å². The molecule has 1 aromatic rings. The van der Waals surface area contributed by atoms with E-state index in [1.54, 1.807) is 7.11 Å². The molecule has 1 aliphatic rings. The van der Waals surface area contributed by atoms with Gasteiger partial charge in [-0.25, -0.2) is 0 Å². The van der Waals surface area contributed by atoms with E-state index in [0.29, 0.717) is 6.04 Å². The molecule has 0 spiro atoms. The van der Waals surface area contributed by atoms with Crippen LogP contribution in [0.5, 0.6) is 5.75 Å². The third kappa shape index (κ3) is 3.63. The van der Waals surface area contributed by atoms with E-state index in [1.165, 1.54) is 38.5 Å². The fourth-order valence-corrected chi connectivity index (χ4v) is 2.80. The minimum Gasteiger partial charge on any atom is -0.495 e. The number of ether oxygens (including phenoxy) is 1. The van der Waals surface area contributed by atoms with Crippen molar-refractivity contribution < 1.29 is 4.74 Å². The summed E-state index contributed by atoms with van der Waals surface area (Å²) in [6.07, 6.45) is 7.99. The number of nitrogens with one attached hydrogen (secondary N) is 1. The van der Waals surface area contributed by atoms with Gasteiger partial charge >= 0.3 is 0 Å². The Morgan fingerprint density at radius 1 is 1.18 bits per heavy atom. The van der Waals surface area contributed by atoms with Crippen LogP contribution in [0.2, 0.25) is 0 Å². The molecule has 0 atom stereocenters. The fraction of sp³-hybridized carbons (Fsp3) is 0.571. The highest BCUT2D eigenvalue weighted by Gasteiger charge is 2.13. The molecule has 1 N–H and O–H groups in total. The number of anilines is 1. The molecule has 2 rings (SSSR count). The van der Waals surface area contributed by atoms with Gasteiger partial charge in [-0.05, 0) is 31.0 Å². The Kier molecular flexibility index (Phi) is 4.72. The van der Waals surface area contributed by atoms with Gasteiger partial charge in [0, 0.05) is 10.5 Å². The summed E-state index contributed by atoms with van der Waals surface area (Å²) in [6.45, 7) is 0. The van der Waals surface area contributed by atoms with Gasteiger partial charge in [0.2, 0.25) is 0 Å². The number of rotatable bonds is 3. The molecule has 1 saturated carbocycles. The summed E-state index contributed by atoms with van der Waals surface area (Å²) in [7, 11) is 1.72. The number of hydrogen-bond donors (Lipinski definition) is 1. The van der Waals surface area contributed by atoms with Crippen molar-refractivity contribution in [1.29, 1.82) is 0 Å². The Morgan fingerprint density at radius 2 is 1.88 bits per heavy atom. The van der Waals surface area contributed by atoms with E-state index < -0.39 is 0 Å². The van der Waals surface area contributed by atoms with Gasteiger partial charge in [0.15, 0.2) is 0 Å². The van der Waals surface area contributed by atoms with Crippen LogP contribution < -0.4 is 10.1 Å². The Morgan fingerprint density at radius 3 is 2.53 bits per heavy atom. The average Bonchev–Trinajstić information content (AvgIpc) is 2.58. The van der Waals surface area contributed by atoms with Gasteiger partial charge in [-0.1, -0.05) is 41.6 Å². The van der Waals surface area contributed by atoms with Crippen molar-refractivity contribution in [2.45, 2.75) is 44.6 Å². The second kappa shape index (κ2) is 6.29. The van der Waals surface area contributed by atoms with E-state index in [1.807, 2.05) is 12.1 Å². The van der Waals surface area contributed by atoms with E-state index in [9.17, 15) is 0 Å². The normalized spacial score (nSPS) is 17.5. The first-order valence-corrected chi connectivity index (χ1v) is 7.19. The molecule has 1 fully saturated rings. The maximum Gasteiger partial charge on any atom is 0.142 e. The highest BCUT2D eigenvalue weighted by Crippen LogP contribution is 2.30. The lowest BCUT2D eigenvalue weighted by Gasteiger charge is -2.19. The molecule has 0 saturated heterocycles. The van der Waals surface area contributed by atoms with Gasteiger partial charge in [-0.2, -0.15) is 0 Å². The lowest BCUT2D eigenvalue weighted by Crippen LogP contribution is -2.18. The van der Waals surface area contributed by atoms with Gasteiger partial charge < -0.3 is 10.1 Å². The molecule has 3 heteroatoms. The van der Waals surface area contributed by atoms with Crippen molar-refractivity contribution in [2.75, 3.05) is 12.4 Å². The smallest absolute Gasteiger partial charge is 0.142 e. The van der Waals surface area contributed by atoms with E-state index >= 15 is 0 Å². The number of hydrogen-bond acceptors (Lipinski definition) is 2. The minimum absolute atomic E-state index is 0.598. The number of benzene rings is 1. The third-order valence-corrected chi connectivity index (χ3v) is 3.87. The van der Waals surface area contributed by atoms with Crippen molar-refractivity contribution in [2.24, 2.45) is 0 Å². The minimum atomic E-state index is 0.598. The van der Waals surface area contributed by atoms with E-state index in [4.69, 9.17) is 4.74 Å². The zero-order chi connectivity index (χ0) is 12.1. The predicted molar refractivity (Wildman–Crippen MR) is 75.8 cm³/mol. The Hall–Kier alpha value is -0.700. The molecule has 94 valence electrons. The van der Waals surface area contributed by atoms with Crippen molar-refractivity contribution >= 4 is 21.6 Å². The second-order valence-corrected chi connectivity index (χ2v) is 5.59. The fourth-order valence-electron chi connectivity index (χ4n) is 2.44. The van der Waals surface area contributed by atoms with Crippen molar-refractivity contribution in [1.82, 2.24) is 0 Å². The lowest BCUT2D eigenvalue weighted by molar-refractivity contribution is 0.415. The summed E-state index contributed by atoms with van der Waals surface area (Å²) >= 11 is 3.51. The lowest BCUT2D eigenvalue weighted by atomic mass is 10.1. The first kappa shape index (κ1) is 12.7. The summed E-state index contributed by atoms with van der Waals surface area (Å²) in [5.74, 6) is 0.928. The largest absolute Gasteiger partial charge is 0.495 e. The molecule has 0 aromatic heterocycles. The Bertz CT molecular complexity index is 359. The van der Waals surface area contributed by atoms with Gasteiger partial charge in [0.1, 0.15) is 5.75 Å². The molecule has 0 radical (unpaired) electrons. The first-order valence-electron chi connectivity index (χ1n) is 6.39. The maximum absolute atomic E-state index is 5.39. The van der Waals surface area contributed by atoms with Crippen LogP contribution in [0, 0.1) is 0 Å². The number of methoxy groups -OCH3 is 1. The zero-order valence-electron chi connectivity index (χ0n) is 10.3. The second-order valence-electron chi connectivity index (χ2n) is 4.68. The molecule has 17 heavy (non-hydrogen) atoms. The van der Waals surface area contributed by atoms with Gasteiger partial charge in [0.05, 0.1) is 12.8 Å². The third-order valence-electron chi connectivity index (χ3n) is 3.38. The molecule has 1 aliphatic carbocycles. The van der Waals surface area contributed by atoms with Crippen LogP contribution in [0.15, 0.2) is 22.7 Å². The standard InChI is InChI=1S/C14H20BrNO/c1-17-14-9-8-11(15)10-13(14)16-12-6-4-2-3-5-7-12/h8-10,12,16H,2-7H2,1H3. The van der Waals surface area contributed by atoms with E-state index in [-0.39, 0.29) is 0 Å². The summed E-state index contributed by atoms with van der Waals surface area (Å²) in [5, 5.41) is 3.63. The molecule has 0 amide bonds. The average molecular weight is 298 g/mol. The van der Waals surface area contributed by atoms with Crippen LogP contribution in [0.1, 0.15) is 38.5 Å². The van der Waals surface area contributed by atoms with Gasteiger partial charge in [0.25, 0.3) is 0 Å². The summed E-state index contributed by atoms with van der Waals surface area (Å²) in [6, 6.07) is 6.71. The van der Waals surface area contributed by atoms with Crippen LogP contribution in [-0.2, 0) is 0 Å². The van der Waals surface area contributed by atoms with Gasteiger partial charge in [-0.15, -0.1) is 0 Å². The van der Waals surface area contributed by atoms with E-state index in [2.05, 4.69) is 27.3 Å². The molecule has 0 aliphatic heterocycles. The summed E-state index contributed by atoms with van der Waals surface area (Å²) < 4.78 is 6.48. The molecule has 0 unspecified atom stereocenters. The molecule has 0 bridgehead atoms. The molecule has 1 aromatic carbocycles. The van der Waals surface area contributed by atoms with Crippen molar-refractivity contribution in [3.8, 4) is 5.75 Å². The van der Waals surface area contributed by atoms with Crippen LogP contribution >= 0.6 is 15.9 Å². The Labute approximate surface area is 112 Å². The Balaban J connectivity index is 2.07. The summed E-state index contributed by atoms with van der Waals surface area (Å²) in [4.78, 5) is 0. The topological polar surface area (TPSA) is 21.3 Å². The highest BCUT2D eigenvalue weighted by molar-refractivity contribution is 9.10. The van der Waals surface area contributed by atoms with Crippen molar-refractivity contribution in [3.05, 3.63) is 22.7 Å². The van der Waals surface area contributed by atoms with Crippen molar-refractivity contribution in [3.63, 3.8) is 0 Å². The molecular formula is C14H20BrNO. The quantitative estimate of drug-likeness (QED) is 0.824. The maximum atomic E-state index is 5.39.